The molecule has 1 aliphatic heterocycles. The van der Waals surface area contributed by atoms with Crippen LogP contribution in [0.15, 0.2) is 48.5 Å². The monoisotopic (exact) mass is 365 g/mol. The molecule has 0 saturated carbocycles. The van der Waals surface area contributed by atoms with Gasteiger partial charge in [-0.1, -0.05) is 19.1 Å². The average molecular weight is 365 g/mol. The van der Waals surface area contributed by atoms with Crippen LogP contribution in [0.2, 0.25) is 0 Å². The summed E-state index contributed by atoms with van der Waals surface area (Å²) in [6.07, 6.45) is 1.10. The van der Waals surface area contributed by atoms with Crippen molar-refractivity contribution in [1.29, 1.82) is 0 Å². The van der Waals surface area contributed by atoms with Gasteiger partial charge in [-0.05, 0) is 48.4 Å². The third-order valence-electron chi connectivity index (χ3n) is 4.60. The van der Waals surface area contributed by atoms with Crippen molar-refractivity contribution in [2.75, 3.05) is 22.1 Å². The second-order valence-electron chi connectivity index (χ2n) is 6.68. The highest BCUT2D eigenvalue weighted by atomic mass is 16.2. The van der Waals surface area contributed by atoms with Crippen LogP contribution in [0.5, 0.6) is 0 Å². The molecule has 0 radical (unpaired) electrons. The summed E-state index contributed by atoms with van der Waals surface area (Å²) < 4.78 is 0. The standard InChI is InChI=1S/C21H23N3O3/c1-3-15-5-4-6-19(11-15)24-13-16(12-20(24)26)21(27)23-18-9-7-17(8-10-18)22-14(2)25/h4-11,16H,3,12-13H2,1-2H3,(H,22,25)(H,23,27)/t16-/m0/s1. The van der Waals surface area contributed by atoms with Crippen LogP contribution >= 0.6 is 0 Å². The Morgan fingerprint density at radius 3 is 2.37 bits per heavy atom. The Labute approximate surface area is 158 Å². The first-order valence-corrected chi connectivity index (χ1v) is 9.04. The molecule has 1 fully saturated rings. The fourth-order valence-electron chi connectivity index (χ4n) is 3.16. The molecule has 2 aromatic rings. The molecule has 0 spiro atoms. The minimum Gasteiger partial charge on any atom is -0.326 e. The largest absolute Gasteiger partial charge is 0.326 e. The van der Waals surface area contributed by atoms with Gasteiger partial charge in [-0.3, -0.25) is 14.4 Å². The number of nitrogens with one attached hydrogen (secondary N) is 2. The van der Waals surface area contributed by atoms with Crippen LogP contribution in [-0.2, 0) is 20.8 Å². The van der Waals surface area contributed by atoms with Crippen LogP contribution in [-0.4, -0.2) is 24.3 Å². The Hall–Kier alpha value is -3.15. The Morgan fingerprint density at radius 2 is 1.74 bits per heavy atom. The van der Waals surface area contributed by atoms with Crippen molar-refractivity contribution in [3.05, 3.63) is 54.1 Å². The lowest BCUT2D eigenvalue weighted by atomic mass is 10.1. The highest BCUT2D eigenvalue weighted by Crippen LogP contribution is 2.27. The minimum atomic E-state index is -0.391. The molecule has 6 heteroatoms. The molecule has 1 saturated heterocycles. The Balaban J connectivity index is 1.64. The fourth-order valence-corrected chi connectivity index (χ4v) is 3.16. The molecule has 1 heterocycles. The fraction of sp³-hybridized carbons (Fsp3) is 0.286. The van der Waals surface area contributed by atoms with E-state index in [0.717, 1.165) is 17.7 Å². The van der Waals surface area contributed by atoms with Gasteiger partial charge < -0.3 is 15.5 Å². The third-order valence-corrected chi connectivity index (χ3v) is 4.60. The number of nitrogens with zero attached hydrogens (tertiary/aromatic N) is 1. The van der Waals surface area contributed by atoms with E-state index in [9.17, 15) is 14.4 Å². The number of aryl methyl sites for hydroxylation is 1. The molecule has 0 bridgehead atoms. The number of amides is 3. The summed E-state index contributed by atoms with van der Waals surface area (Å²) in [7, 11) is 0. The first-order chi connectivity index (χ1) is 13.0. The Bertz CT molecular complexity index is 861. The van der Waals surface area contributed by atoms with Gasteiger partial charge in [0.2, 0.25) is 17.7 Å². The van der Waals surface area contributed by atoms with Crippen molar-refractivity contribution in [3.8, 4) is 0 Å². The van der Waals surface area contributed by atoms with E-state index in [1.807, 2.05) is 24.3 Å². The normalized spacial score (nSPS) is 16.3. The number of anilines is 3. The van der Waals surface area contributed by atoms with Gasteiger partial charge in [0.15, 0.2) is 0 Å². The summed E-state index contributed by atoms with van der Waals surface area (Å²) >= 11 is 0. The van der Waals surface area contributed by atoms with E-state index in [2.05, 4.69) is 17.6 Å². The molecule has 2 N–H and O–H groups in total. The lowest BCUT2D eigenvalue weighted by molar-refractivity contribution is -0.122. The van der Waals surface area contributed by atoms with Gasteiger partial charge in [0.05, 0.1) is 5.92 Å². The molecule has 3 amide bonds. The number of carbonyl (C=O) groups is 3. The van der Waals surface area contributed by atoms with E-state index in [1.165, 1.54) is 6.92 Å². The van der Waals surface area contributed by atoms with Crippen LogP contribution in [0.25, 0.3) is 0 Å². The third kappa shape index (κ3) is 4.53. The topological polar surface area (TPSA) is 78.5 Å². The van der Waals surface area contributed by atoms with Crippen molar-refractivity contribution in [2.45, 2.75) is 26.7 Å². The van der Waals surface area contributed by atoms with Gasteiger partial charge in [0.25, 0.3) is 0 Å². The molecule has 1 atom stereocenters. The minimum absolute atomic E-state index is 0.0376. The van der Waals surface area contributed by atoms with Gasteiger partial charge in [-0.25, -0.2) is 0 Å². The summed E-state index contributed by atoms with van der Waals surface area (Å²) in [4.78, 5) is 37.7. The van der Waals surface area contributed by atoms with Crippen molar-refractivity contribution in [3.63, 3.8) is 0 Å². The molecule has 0 unspecified atom stereocenters. The van der Waals surface area contributed by atoms with E-state index in [-0.39, 0.29) is 24.1 Å². The maximum atomic E-state index is 12.6. The van der Waals surface area contributed by atoms with E-state index in [4.69, 9.17) is 0 Å². The number of carbonyl (C=O) groups excluding carboxylic acids is 3. The van der Waals surface area contributed by atoms with Crippen LogP contribution in [0.3, 0.4) is 0 Å². The van der Waals surface area contributed by atoms with Crippen LogP contribution < -0.4 is 15.5 Å². The SMILES string of the molecule is CCc1cccc(N2C[C@@H](C(=O)Nc3ccc(NC(C)=O)cc3)CC2=O)c1. The van der Waals surface area contributed by atoms with Gasteiger partial charge in [0, 0.05) is 37.0 Å². The molecule has 2 aromatic carbocycles. The number of hydrogen-bond donors (Lipinski definition) is 2. The molecular formula is C21H23N3O3. The predicted molar refractivity (Wildman–Crippen MR) is 106 cm³/mol. The van der Waals surface area contributed by atoms with Crippen LogP contribution in [0.4, 0.5) is 17.1 Å². The molecule has 0 aliphatic carbocycles. The van der Waals surface area contributed by atoms with Gasteiger partial charge in [-0.2, -0.15) is 0 Å². The van der Waals surface area contributed by atoms with Crippen LogP contribution in [0, 0.1) is 5.92 Å². The first kappa shape index (κ1) is 18.6. The molecule has 6 nitrogen and oxygen atoms in total. The molecular weight excluding hydrogens is 342 g/mol. The van der Waals surface area contributed by atoms with E-state index < -0.39 is 5.92 Å². The molecule has 140 valence electrons. The highest BCUT2D eigenvalue weighted by Gasteiger charge is 2.35. The highest BCUT2D eigenvalue weighted by molar-refractivity contribution is 6.03. The summed E-state index contributed by atoms with van der Waals surface area (Å²) in [5.74, 6) is -0.754. The van der Waals surface area contributed by atoms with E-state index in [1.54, 1.807) is 29.2 Å². The number of hydrogen-bond acceptors (Lipinski definition) is 3. The quantitative estimate of drug-likeness (QED) is 0.854. The van der Waals surface area contributed by atoms with E-state index in [0.29, 0.717) is 17.9 Å². The molecule has 0 aromatic heterocycles. The second-order valence-corrected chi connectivity index (χ2v) is 6.68. The molecule has 27 heavy (non-hydrogen) atoms. The van der Waals surface area contributed by atoms with Crippen molar-refractivity contribution < 1.29 is 14.4 Å². The molecule has 1 aliphatic rings. The van der Waals surface area contributed by atoms with Crippen molar-refractivity contribution in [1.82, 2.24) is 0 Å². The zero-order valence-electron chi connectivity index (χ0n) is 15.5. The van der Waals surface area contributed by atoms with Crippen molar-refractivity contribution in [2.24, 2.45) is 5.92 Å². The maximum Gasteiger partial charge on any atom is 0.229 e. The smallest absolute Gasteiger partial charge is 0.229 e. The Kier molecular flexibility index (Phi) is 5.54. The summed E-state index contributed by atoms with van der Waals surface area (Å²) in [6, 6.07) is 14.8. The van der Waals surface area contributed by atoms with E-state index >= 15 is 0 Å². The summed E-state index contributed by atoms with van der Waals surface area (Å²) in [5, 5.41) is 5.53. The van der Waals surface area contributed by atoms with Crippen LogP contribution in [0.1, 0.15) is 25.8 Å². The zero-order valence-corrected chi connectivity index (χ0v) is 15.5. The van der Waals surface area contributed by atoms with Gasteiger partial charge >= 0.3 is 0 Å². The lowest BCUT2D eigenvalue weighted by Gasteiger charge is -2.17. The van der Waals surface area contributed by atoms with Gasteiger partial charge in [0.1, 0.15) is 0 Å². The predicted octanol–water partition coefficient (Wildman–Crippen LogP) is 3.20. The van der Waals surface area contributed by atoms with Gasteiger partial charge in [-0.15, -0.1) is 0 Å². The second kappa shape index (κ2) is 8.03. The Morgan fingerprint density at radius 1 is 1.07 bits per heavy atom. The van der Waals surface area contributed by atoms with Crippen molar-refractivity contribution >= 4 is 34.8 Å². The number of benzene rings is 2. The molecule has 3 rings (SSSR count). The zero-order chi connectivity index (χ0) is 19.4. The lowest BCUT2D eigenvalue weighted by Crippen LogP contribution is -2.28. The average Bonchev–Trinajstić information content (AvgIpc) is 3.05. The first-order valence-electron chi connectivity index (χ1n) is 9.04. The summed E-state index contributed by atoms with van der Waals surface area (Å²) in [5.41, 5.74) is 3.30. The number of rotatable bonds is 5. The summed E-state index contributed by atoms with van der Waals surface area (Å²) in [6.45, 7) is 3.88. The maximum absolute atomic E-state index is 12.6.